The van der Waals surface area contributed by atoms with E-state index in [9.17, 15) is 14.7 Å². The highest BCUT2D eigenvalue weighted by Gasteiger charge is 2.24. The first-order chi connectivity index (χ1) is 15.0. The topological polar surface area (TPSA) is 93.5 Å². The van der Waals surface area contributed by atoms with Crippen LogP contribution in [0.5, 0.6) is 5.75 Å². The molecule has 2 aromatic heterocycles. The molecule has 2 heterocycles. The molecule has 0 unspecified atom stereocenters. The van der Waals surface area contributed by atoms with Crippen molar-refractivity contribution in [1.82, 2.24) is 14.9 Å². The minimum Gasteiger partial charge on any atom is -0.489 e. The molecule has 0 bridgehead atoms. The lowest BCUT2D eigenvalue weighted by atomic mass is 9.92. The van der Waals surface area contributed by atoms with Gasteiger partial charge in [0.1, 0.15) is 23.4 Å². The number of rotatable bonds is 6. The molecule has 0 radical (unpaired) electrons. The van der Waals surface area contributed by atoms with Crippen LogP contribution in [0, 0.1) is 6.92 Å². The molecule has 2 N–H and O–H groups in total. The van der Waals surface area contributed by atoms with Gasteiger partial charge in [0.05, 0.1) is 12.6 Å². The minimum absolute atomic E-state index is 0.0187. The summed E-state index contributed by atoms with van der Waals surface area (Å²) >= 11 is 0. The predicted molar refractivity (Wildman–Crippen MR) is 119 cm³/mol. The maximum atomic E-state index is 13.0. The molecule has 7 nitrogen and oxygen atoms in total. The molecule has 7 heteroatoms. The molecule has 0 aliphatic heterocycles. The van der Waals surface area contributed by atoms with Crippen molar-refractivity contribution in [3.05, 3.63) is 70.3 Å². The number of ether oxygens (including phenoxy) is 1. The van der Waals surface area contributed by atoms with Gasteiger partial charge in [-0.2, -0.15) is 0 Å². The third kappa shape index (κ3) is 4.61. The fourth-order valence-corrected chi connectivity index (χ4v) is 4.15. The summed E-state index contributed by atoms with van der Waals surface area (Å²) in [5, 5.41) is 13.5. The molecule has 3 aromatic rings. The van der Waals surface area contributed by atoms with Crippen LogP contribution in [0.25, 0.3) is 10.9 Å². The standard InChI is InChI=1S/C24H27N3O4/c1-16-11-14-27(18-7-9-19(28)10-8-18)24(30)21(16)23(29)26-13-15-31-20-6-2-4-17-5-3-12-25-22(17)20/h2-6,11-12,14,18-19,28H,7-10,13,15H2,1H3,(H,26,29). The van der Waals surface area contributed by atoms with Crippen LogP contribution in [0.1, 0.15) is 47.6 Å². The van der Waals surface area contributed by atoms with Gasteiger partial charge in [-0.3, -0.25) is 14.6 Å². The van der Waals surface area contributed by atoms with Crippen molar-refractivity contribution >= 4 is 16.8 Å². The van der Waals surface area contributed by atoms with Gasteiger partial charge in [-0.1, -0.05) is 18.2 Å². The van der Waals surface area contributed by atoms with E-state index in [0.29, 0.717) is 24.2 Å². The van der Waals surface area contributed by atoms with Crippen molar-refractivity contribution in [3.63, 3.8) is 0 Å². The van der Waals surface area contributed by atoms with E-state index in [1.807, 2.05) is 30.3 Å². The number of hydrogen-bond donors (Lipinski definition) is 2. The van der Waals surface area contributed by atoms with Gasteiger partial charge in [-0.05, 0) is 56.4 Å². The average Bonchev–Trinajstić information content (AvgIpc) is 2.78. The van der Waals surface area contributed by atoms with Crippen LogP contribution >= 0.6 is 0 Å². The molecule has 31 heavy (non-hydrogen) atoms. The number of nitrogens with one attached hydrogen (secondary N) is 1. The molecule has 4 rings (SSSR count). The molecule has 1 aliphatic rings. The second-order valence-corrected chi connectivity index (χ2v) is 7.98. The highest BCUT2D eigenvalue weighted by Crippen LogP contribution is 2.27. The summed E-state index contributed by atoms with van der Waals surface area (Å²) in [6.07, 6.45) is 5.99. The highest BCUT2D eigenvalue weighted by atomic mass is 16.5. The Labute approximate surface area is 180 Å². The number of amides is 1. The normalized spacial score (nSPS) is 18.6. The van der Waals surface area contributed by atoms with Crippen molar-refractivity contribution < 1.29 is 14.6 Å². The number of carbonyl (C=O) groups is 1. The van der Waals surface area contributed by atoms with Gasteiger partial charge in [-0.25, -0.2) is 0 Å². The lowest BCUT2D eigenvalue weighted by Gasteiger charge is -2.27. The van der Waals surface area contributed by atoms with Gasteiger partial charge >= 0.3 is 0 Å². The van der Waals surface area contributed by atoms with Crippen LogP contribution in [0.15, 0.2) is 53.6 Å². The van der Waals surface area contributed by atoms with Crippen LogP contribution in [0.3, 0.4) is 0 Å². The highest BCUT2D eigenvalue weighted by molar-refractivity contribution is 5.95. The second kappa shape index (κ2) is 9.31. The summed E-state index contributed by atoms with van der Waals surface area (Å²) in [5.74, 6) is 0.262. The fraction of sp³-hybridized carbons (Fsp3) is 0.375. The van der Waals surface area contributed by atoms with Crippen LogP contribution < -0.4 is 15.6 Å². The van der Waals surface area contributed by atoms with Crippen LogP contribution in [-0.2, 0) is 0 Å². The lowest BCUT2D eigenvalue weighted by Crippen LogP contribution is -2.37. The maximum absolute atomic E-state index is 13.0. The van der Waals surface area contributed by atoms with Crippen molar-refractivity contribution in [2.75, 3.05) is 13.2 Å². The fourth-order valence-electron chi connectivity index (χ4n) is 4.15. The number of aryl methyl sites for hydroxylation is 1. The number of fused-ring (bicyclic) bond motifs is 1. The molecular formula is C24H27N3O4. The van der Waals surface area contributed by atoms with Crippen molar-refractivity contribution in [2.24, 2.45) is 0 Å². The third-order valence-electron chi connectivity index (χ3n) is 5.86. The number of aliphatic hydroxyl groups is 1. The van der Waals surface area contributed by atoms with Crippen molar-refractivity contribution in [1.29, 1.82) is 0 Å². The van der Waals surface area contributed by atoms with E-state index in [1.54, 1.807) is 30.0 Å². The minimum atomic E-state index is -0.396. The van der Waals surface area contributed by atoms with Gasteiger partial charge in [0, 0.05) is 23.8 Å². The first kappa shape index (κ1) is 21.1. The third-order valence-corrected chi connectivity index (χ3v) is 5.86. The Morgan fingerprint density at radius 2 is 1.97 bits per heavy atom. The number of pyridine rings is 2. The molecule has 0 saturated heterocycles. The molecule has 1 amide bonds. The Kier molecular flexibility index (Phi) is 6.32. The van der Waals surface area contributed by atoms with E-state index in [1.165, 1.54) is 0 Å². The number of nitrogens with zero attached hydrogens (tertiary/aromatic N) is 2. The Morgan fingerprint density at radius 1 is 1.19 bits per heavy atom. The van der Waals surface area contributed by atoms with E-state index < -0.39 is 5.91 Å². The van der Waals surface area contributed by atoms with Crippen molar-refractivity contribution in [2.45, 2.75) is 44.8 Å². The Bertz CT molecular complexity index is 1130. The molecule has 0 atom stereocenters. The van der Waals surface area contributed by atoms with E-state index >= 15 is 0 Å². The van der Waals surface area contributed by atoms with Crippen LogP contribution in [0.2, 0.25) is 0 Å². The number of hydrogen-bond acceptors (Lipinski definition) is 5. The first-order valence-electron chi connectivity index (χ1n) is 10.7. The summed E-state index contributed by atoms with van der Waals surface area (Å²) < 4.78 is 7.46. The summed E-state index contributed by atoms with van der Waals surface area (Å²) in [6.45, 7) is 2.30. The number of benzene rings is 1. The summed E-state index contributed by atoms with van der Waals surface area (Å²) in [7, 11) is 0. The van der Waals surface area contributed by atoms with E-state index in [2.05, 4.69) is 10.3 Å². The van der Waals surface area contributed by atoms with Gasteiger partial charge in [-0.15, -0.1) is 0 Å². The first-order valence-corrected chi connectivity index (χ1v) is 10.7. The van der Waals surface area contributed by atoms with Gasteiger partial charge in [0.2, 0.25) is 0 Å². The largest absolute Gasteiger partial charge is 0.489 e. The zero-order chi connectivity index (χ0) is 21.8. The number of carbonyl (C=O) groups excluding carboxylic acids is 1. The Hall–Kier alpha value is -3.19. The summed E-state index contributed by atoms with van der Waals surface area (Å²) in [5.41, 5.74) is 1.31. The van der Waals surface area contributed by atoms with E-state index in [0.717, 1.165) is 23.7 Å². The maximum Gasteiger partial charge on any atom is 0.263 e. The summed E-state index contributed by atoms with van der Waals surface area (Å²) in [4.78, 5) is 30.1. The SMILES string of the molecule is Cc1ccn(C2CCC(O)CC2)c(=O)c1C(=O)NCCOc1cccc2cccnc12. The number of para-hydroxylation sites is 1. The monoisotopic (exact) mass is 421 g/mol. The molecule has 162 valence electrons. The summed E-state index contributed by atoms with van der Waals surface area (Å²) in [6, 6.07) is 11.4. The number of aliphatic hydroxyl groups excluding tert-OH is 1. The van der Waals surface area contributed by atoms with Crippen LogP contribution in [-0.4, -0.2) is 39.8 Å². The molecule has 0 spiro atoms. The Balaban J connectivity index is 1.40. The van der Waals surface area contributed by atoms with E-state index in [4.69, 9.17) is 4.74 Å². The van der Waals surface area contributed by atoms with Gasteiger partial charge in [0.15, 0.2) is 0 Å². The predicted octanol–water partition coefficient (Wildman–Crippen LogP) is 2.99. The molecule has 1 aromatic carbocycles. The van der Waals surface area contributed by atoms with Crippen LogP contribution in [0.4, 0.5) is 0 Å². The zero-order valence-corrected chi connectivity index (χ0v) is 17.6. The Morgan fingerprint density at radius 3 is 2.77 bits per heavy atom. The van der Waals surface area contributed by atoms with Gasteiger partial charge < -0.3 is 19.7 Å². The second-order valence-electron chi connectivity index (χ2n) is 7.98. The molecular weight excluding hydrogens is 394 g/mol. The quantitative estimate of drug-likeness (QED) is 0.597. The molecule has 1 aliphatic carbocycles. The number of aromatic nitrogens is 2. The molecule has 1 fully saturated rings. The smallest absolute Gasteiger partial charge is 0.263 e. The van der Waals surface area contributed by atoms with Gasteiger partial charge in [0.25, 0.3) is 11.5 Å². The lowest BCUT2D eigenvalue weighted by molar-refractivity contribution is 0.0940. The molecule has 1 saturated carbocycles. The average molecular weight is 421 g/mol. The van der Waals surface area contributed by atoms with E-state index in [-0.39, 0.29) is 36.4 Å². The zero-order valence-electron chi connectivity index (χ0n) is 17.6. The van der Waals surface area contributed by atoms with Crippen molar-refractivity contribution in [3.8, 4) is 5.75 Å².